The van der Waals surface area contributed by atoms with Gasteiger partial charge in [0.1, 0.15) is 0 Å². The standard InChI is InChI=1S/C12H18ClNS/c1-3-5-6-9-14-10(4-2)11-7-8-12(13)15-11/h3,5,7-8,10,14H,4,6,9H2,1-2H3/b5-3+. The second-order valence-electron chi connectivity index (χ2n) is 3.41. The Labute approximate surface area is 101 Å². The molecule has 0 aromatic carbocycles. The van der Waals surface area contributed by atoms with Crippen LogP contribution in [0.5, 0.6) is 0 Å². The molecule has 0 aliphatic rings. The van der Waals surface area contributed by atoms with Gasteiger partial charge in [-0.25, -0.2) is 0 Å². The second-order valence-corrected chi connectivity index (χ2v) is 5.16. The third kappa shape index (κ3) is 4.37. The monoisotopic (exact) mass is 243 g/mol. The highest BCUT2D eigenvalue weighted by Gasteiger charge is 2.09. The molecule has 0 amide bonds. The highest BCUT2D eigenvalue weighted by atomic mass is 35.5. The quantitative estimate of drug-likeness (QED) is 0.577. The minimum atomic E-state index is 0.452. The van der Waals surface area contributed by atoms with Gasteiger partial charge in [0.05, 0.1) is 4.34 Å². The maximum absolute atomic E-state index is 5.92. The molecule has 3 heteroatoms. The van der Waals surface area contributed by atoms with Gasteiger partial charge in [0.15, 0.2) is 0 Å². The van der Waals surface area contributed by atoms with Crippen molar-refractivity contribution in [3.8, 4) is 0 Å². The molecule has 0 aliphatic heterocycles. The van der Waals surface area contributed by atoms with Crippen molar-refractivity contribution in [2.24, 2.45) is 0 Å². The summed E-state index contributed by atoms with van der Waals surface area (Å²) in [4.78, 5) is 1.34. The van der Waals surface area contributed by atoms with Crippen molar-refractivity contribution in [2.45, 2.75) is 32.7 Å². The number of rotatable bonds is 6. The second kappa shape index (κ2) is 7.04. The Bertz CT molecular complexity index is 306. The van der Waals surface area contributed by atoms with E-state index in [9.17, 15) is 0 Å². The third-order valence-corrected chi connectivity index (χ3v) is 3.63. The van der Waals surface area contributed by atoms with E-state index in [1.165, 1.54) is 4.88 Å². The highest BCUT2D eigenvalue weighted by molar-refractivity contribution is 7.16. The van der Waals surface area contributed by atoms with Crippen LogP contribution in [-0.2, 0) is 0 Å². The summed E-state index contributed by atoms with van der Waals surface area (Å²) in [6.45, 7) is 5.27. The molecule has 0 bridgehead atoms. The minimum Gasteiger partial charge on any atom is -0.309 e. The maximum atomic E-state index is 5.92. The smallest absolute Gasteiger partial charge is 0.0931 e. The SMILES string of the molecule is C/C=C/CCNC(CC)c1ccc(Cl)s1. The Morgan fingerprint density at radius 1 is 1.53 bits per heavy atom. The van der Waals surface area contributed by atoms with Crippen LogP contribution in [0.15, 0.2) is 24.3 Å². The van der Waals surface area contributed by atoms with Gasteiger partial charge in [-0.2, -0.15) is 0 Å². The lowest BCUT2D eigenvalue weighted by atomic mass is 10.2. The van der Waals surface area contributed by atoms with Gasteiger partial charge >= 0.3 is 0 Å². The molecule has 84 valence electrons. The van der Waals surface area contributed by atoms with Crippen LogP contribution in [-0.4, -0.2) is 6.54 Å². The molecule has 1 atom stereocenters. The minimum absolute atomic E-state index is 0.452. The summed E-state index contributed by atoms with van der Waals surface area (Å²) < 4.78 is 0.874. The number of hydrogen-bond donors (Lipinski definition) is 1. The van der Waals surface area contributed by atoms with Crippen LogP contribution in [0.25, 0.3) is 0 Å². The fraction of sp³-hybridized carbons (Fsp3) is 0.500. The fourth-order valence-electron chi connectivity index (χ4n) is 1.47. The topological polar surface area (TPSA) is 12.0 Å². The Kier molecular flexibility index (Phi) is 5.99. The van der Waals surface area contributed by atoms with E-state index >= 15 is 0 Å². The van der Waals surface area contributed by atoms with Crippen molar-refractivity contribution >= 4 is 22.9 Å². The molecular formula is C12H18ClNS. The summed E-state index contributed by atoms with van der Waals surface area (Å²) in [5, 5.41) is 3.53. The van der Waals surface area contributed by atoms with Crippen molar-refractivity contribution in [3.63, 3.8) is 0 Å². The summed E-state index contributed by atoms with van der Waals surface area (Å²) in [5.74, 6) is 0. The van der Waals surface area contributed by atoms with E-state index < -0.39 is 0 Å². The predicted molar refractivity (Wildman–Crippen MR) is 69.8 cm³/mol. The van der Waals surface area contributed by atoms with Gasteiger partial charge in [0.25, 0.3) is 0 Å². The molecule has 1 rings (SSSR count). The summed E-state index contributed by atoms with van der Waals surface area (Å²) in [5.41, 5.74) is 0. The molecule has 1 heterocycles. The van der Waals surface area contributed by atoms with Gasteiger partial charge < -0.3 is 5.32 Å². The van der Waals surface area contributed by atoms with Crippen LogP contribution in [0.1, 0.15) is 37.6 Å². The molecule has 1 N–H and O–H groups in total. The molecule has 0 aliphatic carbocycles. The van der Waals surface area contributed by atoms with Crippen molar-refractivity contribution in [1.82, 2.24) is 5.32 Å². The van der Waals surface area contributed by atoms with E-state index in [0.717, 1.165) is 23.7 Å². The third-order valence-electron chi connectivity index (χ3n) is 2.28. The Hall–Kier alpha value is -0.310. The maximum Gasteiger partial charge on any atom is 0.0931 e. The van der Waals surface area contributed by atoms with Gasteiger partial charge in [0, 0.05) is 10.9 Å². The first kappa shape index (κ1) is 12.8. The lowest BCUT2D eigenvalue weighted by Gasteiger charge is -2.14. The lowest BCUT2D eigenvalue weighted by molar-refractivity contribution is 0.533. The molecule has 0 saturated heterocycles. The molecule has 0 fully saturated rings. The summed E-state index contributed by atoms with van der Waals surface area (Å²) >= 11 is 7.59. The van der Waals surface area contributed by atoms with Crippen LogP contribution in [0, 0.1) is 0 Å². The van der Waals surface area contributed by atoms with Crippen LogP contribution >= 0.6 is 22.9 Å². The van der Waals surface area contributed by atoms with Gasteiger partial charge in [-0.05, 0) is 38.4 Å². The predicted octanol–water partition coefficient (Wildman–Crippen LogP) is 4.41. The van der Waals surface area contributed by atoms with Gasteiger partial charge in [0.2, 0.25) is 0 Å². The number of allylic oxidation sites excluding steroid dienone is 1. The largest absolute Gasteiger partial charge is 0.309 e. The Morgan fingerprint density at radius 3 is 2.87 bits per heavy atom. The number of hydrogen-bond acceptors (Lipinski definition) is 2. The molecule has 1 aromatic heterocycles. The fourth-order valence-corrected chi connectivity index (χ4v) is 2.69. The average Bonchev–Trinajstić information content (AvgIpc) is 2.65. The number of thiophene rings is 1. The van der Waals surface area contributed by atoms with Gasteiger partial charge in [-0.1, -0.05) is 30.7 Å². The summed E-state index contributed by atoms with van der Waals surface area (Å²) in [7, 11) is 0. The van der Waals surface area contributed by atoms with Crippen LogP contribution in [0.4, 0.5) is 0 Å². The van der Waals surface area contributed by atoms with Crippen molar-refractivity contribution in [1.29, 1.82) is 0 Å². The summed E-state index contributed by atoms with van der Waals surface area (Å²) in [6.07, 6.45) is 6.46. The van der Waals surface area contributed by atoms with Gasteiger partial charge in [-0.15, -0.1) is 11.3 Å². The van der Waals surface area contributed by atoms with E-state index in [-0.39, 0.29) is 0 Å². The molecule has 0 saturated carbocycles. The van der Waals surface area contributed by atoms with Crippen molar-refractivity contribution < 1.29 is 0 Å². The zero-order valence-electron chi connectivity index (χ0n) is 9.29. The Morgan fingerprint density at radius 2 is 2.33 bits per heavy atom. The molecule has 1 aromatic rings. The van der Waals surface area contributed by atoms with Crippen LogP contribution < -0.4 is 5.32 Å². The zero-order chi connectivity index (χ0) is 11.1. The summed E-state index contributed by atoms with van der Waals surface area (Å²) in [6, 6.07) is 4.54. The van der Waals surface area contributed by atoms with E-state index in [4.69, 9.17) is 11.6 Å². The van der Waals surface area contributed by atoms with Crippen molar-refractivity contribution in [2.75, 3.05) is 6.54 Å². The number of halogens is 1. The van der Waals surface area contributed by atoms with Crippen LogP contribution in [0.2, 0.25) is 4.34 Å². The zero-order valence-corrected chi connectivity index (χ0v) is 10.9. The first-order chi connectivity index (χ1) is 7.27. The molecule has 1 unspecified atom stereocenters. The average molecular weight is 244 g/mol. The highest BCUT2D eigenvalue weighted by Crippen LogP contribution is 2.28. The van der Waals surface area contributed by atoms with E-state index in [0.29, 0.717) is 6.04 Å². The van der Waals surface area contributed by atoms with Crippen LogP contribution in [0.3, 0.4) is 0 Å². The normalized spacial score (nSPS) is 13.5. The Balaban J connectivity index is 2.42. The molecule has 0 radical (unpaired) electrons. The van der Waals surface area contributed by atoms with E-state index in [2.05, 4.69) is 37.4 Å². The van der Waals surface area contributed by atoms with Gasteiger partial charge in [-0.3, -0.25) is 0 Å². The molecule has 15 heavy (non-hydrogen) atoms. The molecule has 0 spiro atoms. The lowest BCUT2D eigenvalue weighted by Crippen LogP contribution is -2.20. The number of nitrogens with one attached hydrogen (secondary N) is 1. The first-order valence-electron chi connectivity index (χ1n) is 5.37. The van der Waals surface area contributed by atoms with E-state index in [1.807, 2.05) is 6.07 Å². The van der Waals surface area contributed by atoms with E-state index in [1.54, 1.807) is 11.3 Å². The first-order valence-corrected chi connectivity index (χ1v) is 6.57. The molecule has 1 nitrogen and oxygen atoms in total. The molecular weight excluding hydrogens is 226 g/mol. The van der Waals surface area contributed by atoms with Crippen molar-refractivity contribution in [3.05, 3.63) is 33.5 Å².